The summed E-state index contributed by atoms with van der Waals surface area (Å²) < 4.78 is 1.40. The first-order valence-corrected chi connectivity index (χ1v) is 8.37. The third kappa shape index (κ3) is 4.04. The summed E-state index contributed by atoms with van der Waals surface area (Å²) >= 11 is 0. The van der Waals surface area contributed by atoms with Crippen LogP contribution in [-0.2, 0) is 7.05 Å². The van der Waals surface area contributed by atoms with Gasteiger partial charge in [-0.1, -0.05) is 18.2 Å². The Hall–Kier alpha value is -4.01. The van der Waals surface area contributed by atoms with Gasteiger partial charge < -0.3 is 16.4 Å². The molecule has 142 valence electrons. The first-order chi connectivity index (χ1) is 13.3. The van der Waals surface area contributed by atoms with Crippen LogP contribution in [0.3, 0.4) is 0 Å². The van der Waals surface area contributed by atoms with E-state index >= 15 is 0 Å². The molecule has 1 aromatic carbocycles. The molecule has 9 heteroatoms. The number of nitrogens with zero attached hydrogens (tertiary/aromatic N) is 3. The van der Waals surface area contributed by atoms with Crippen LogP contribution in [0.1, 0.15) is 31.8 Å². The number of benzene rings is 1. The highest BCUT2D eigenvalue weighted by molar-refractivity contribution is 6.11. The number of amidine groups is 1. The molecule has 0 atom stereocenters. The Morgan fingerprint density at radius 2 is 1.68 bits per heavy atom. The van der Waals surface area contributed by atoms with Crippen molar-refractivity contribution < 1.29 is 9.59 Å². The zero-order valence-electron chi connectivity index (χ0n) is 15.4. The SMILES string of the molecule is Cc1ccc(NC(=O)c2cnn(C)c2NC(=O)c2ccc(C(=N)N)cc2)nc1. The lowest BCUT2D eigenvalue weighted by Gasteiger charge is -2.09. The first kappa shape index (κ1) is 18.8. The van der Waals surface area contributed by atoms with E-state index < -0.39 is 11.8 Å². The Kier molecular flexibility index (Phi) is 5.16. The molecule has 9 nitrogen and oxygen atoms in total. The van der Waals surface area contributed by atoms with Crippen LogP contribution in [0.5, 0.6) is 0 Å². The van der Waals surface area contributed by atoms with Crippen LogP contribution in [-0.4, -0.2) is 32.4 Å². The number of nitrogen functional groups attached to an aromatic ring is 1. The molecule has 0 spiro atoms. The van der Waals surface area contributed by atoms with Crippen molar-refractivity contribution in [2.24, 2.45) is 12.8 Å². The Labute approximate surface area is 161 Å². The van der Waals surface area contributed by atoms with Gasteiger partial charge in [0.05, 0.1) is 6.20 Å². The number of amides is 2. The number of rotatable bonds is 5. The minimum atomic E-state index is -0.438. The minimum absolute atomic E-state index is 0.0812. The van der Waals surface area contributed by atoms with Crippen LogP contribution in [0.2, 0.25) is 0 Å². The van der Waals surface area contributed by atoms with E-state index in [0.717, 1.165) is 5.56 Å². The fourth-order valence-electron chi connectivity index (χ4n) is 2.46. The van der Waals surface area contributed by atoms with Crippen LogP contribution in [0.15, 0.2) is 48.8 Å². The number of carbonyl (C=O) groups is 2. The maximum atomic E-state index is 12.6. The van der Waals surface area contributed by atoms with Crippen molar-refractivity contribution in [3.63, 3.8) is 0 Å². The van der Waals surface area contributed by atoms with E-state index in [9.17, 15) is 9.59 Å². The second kappa shape index (κ2) is 7.70. The molecule has 0 unspecified atom stereocenters. The van der Waals surface area contributed by atoms with Gasteiger partial charge in [-0.15, -0.1) is 0 Å². The Balaban J connectivity index is 1.78. The average Bonchev–Trinajstić information content (AvgIpc) is 3.04. The van der Waals surface area contributed by atoms with E-state index in [1.807, 2.05) is 13.0 Å². The number of hydrogen-bond donors (Lipinski definition) is 4. The van der Waals surface area contributed by atoms with Gasteiger partial charge in [-0.3, -0.25) is 19.7 Å². The molecule has 0 bridgehead atoms. The Morgan fingerprint density at radius 3 is 2.29 bits per heavy atom. The van der Waals surface area contributed by atoms with Gasteiger partial charge >= 0.3 is 0 Å². The van der Waals surface area contributed by atoms with Gasteiger partial charge in [-0.05, 0) is 30.7 Å². The van der Waals surface area contributed by atoms with Gasteiger partial charge in [-0.25, -0.2) is 4.98 Å². The molecule has 3 rings (SSSR count). The maximum Gasteiger partial charge on any atom is 0.262 e. The van der Waals surface area contributed by atoms with Crippen molar-refractivity contribution in [3.8, 4) is 0 Å². The number of aryl methyl sites for hydroxylation is 2. The molecule has 3 aromatic rings. The summed E-state index contributed by atoms with van der Waals surface area (Å²) in [5.74, 6) is -0.281. The zero-order chi connectivity index (χ0) is 20.3. The molecule has 0 saturated heterocycles. The van der Waals surface area contributed by atoms with Crippen LogP contribution in [0, 0.1) is 12.3 Å². The summed E-state index contributed by atoms with van der Waals surface area (Å²) in [7, 11) is 1.62. The average molecular weight is 377 g/mol. The molecule has 0 saturated carbocycles. The molecule has 2 heterocycles. The maximum absolute atomic E-state index is 12.6. The van der Waals surface area contributed by atoms with Crippen LogP contribution < -0.4 is 16.4 Å². The molecule has 2 amide bonds. The van der Waals surface area contributed by atoms with Crippen molar-refractivity contribution in [3.05, 3.63) is 71.0 Å². The number of hydrogen-bond acceptors (Lipinski definition) is 5. The number of nitrogens with one attached hydrogen (secondary N) is 3. The largest absolute Gasteiger partial charge is 0.384 e. The lowest BCUT2D eigenvalue weighted by molar-refractivity contribution is 0.102. The smallest absolute Gasteiger partial charge is 0.262 e. The zero-order valence-corrected chi connectivity index (χ0v) is 15.4. The summed E-state index contributed by atoms with van der Waals surface area (Å²) in [4.78, 5) is 29.2. The monoisotopic (exact) mass is 377 g/mol. The molecule has 0 aliphatic heterocycles. The normalized spacial score (nSPS) is 10.4. The van der Waals surface area contributed by atoms with Gasteiger partial charge in [0, 0.05) is 24.4 Å². The Bertz CT molecular complexity index is 1040. The van der Waals surface area contributed by atoms with Crippen molar-refractivity contribution in [1.82, 2.24) is 14.8 Å². The summed E-state index contributed by atoms with van der Waals surface area (Å²) in [6, 6.07) is 9.79. The standard InChI is InChI=1S/C19H19N7O2/c1-11-3-8-15(22-9-11)24-19(28)14-10-23-26(2)17(14)25-18(27)13-6-4-12(5-7-13)16(20)21/h3-10H,1-2H3,(H3,20,21)(H,25,27)(H,22,24,28). The quantitative estimate of drug-likeness (QED) is 0.397. The molecule has 0 radical (unpaired) electrons. The van der Waals surface area contributed by atoms with Gasteiger partial charge in [0.25, 0.3) is 11.8 Å². The molecule has 5 N–H and O–H groups in total. The predicted octanol–water partition coefficient (Wildman–Crippen LogP) is 1.91. The van der Waals surface area contributed by atoms with Crippen LogP contribution in [0.25, 0.3) is 0 Å². The van der Waals surface area contributed by atoms with Gasteiger partial charge in [-0.2, -0.15) is 5.10 Å². The number of anilines is 2. The number of nitrogens with two attached hydrogens (primary N) is 1. The van der Waals surface area contributed by atoms with E-state index in [4.69, 9.17) is 11.1 Å². The summed E-state index contributed by atoms with van der Waals surface area (Å²) in [5.41, 5.74) is 7.47. The molecular weight excluding hydrogens is 358 g/mol. The third-order valence-corrected chi connectivity index (χ3v) is 4.03. The second-order valence-electron chi connectivity index (χ2n) is 6.15. The molecule has 0 fully saturated rings. The van der Waals surface area contributed by atoms with E-state index in [-0.39, 0.29) is 17.2 Å². The fourth-order valence-corrected chi connectivity index (χ4v) is 2.46. The second-order valence-corrected chi connectivity index (χ2v) is 6.15. The summed E-state index contributed by atoms with van der Waals surface area (Å²) in [6.07, 6.45) is 3.02. The number of pyridine rings is 1. The molecule has 0 aliphatic rings. The van der Waals surface area contributed by atoms with E-state index in [2.05, 4.69) is 20.7 Å². The van der Waals surface area contributed by atoms with Crippen LogP contribution in [0.4, 0.5) is 11.6 Å². The van der Waals surface area contributed by atoms with Gasteiger partial charge in [0.15, 0.2) is 0 Å². The Morgan fingerprint density at radius 1 is 1.00 bits per heavy atom. The minimum Gasteiger partial charge on any atom is -0.384 e. The van der Waals surface area contributed by atoms with Crippen molar-refractivity contribution in [2.75, 3.05) is 10.6 Å². The number of aromatic nitrogens is 3. The van der Waals surface area contributed by atoms with Crippen molar-refractivity contribution in [2.45, 2.75) is 6.92 Å². The highest BCUT2D eigenvalue weighted by atomic mass is 16.2. The fraction of sp³-hybridized carbons (Fsp3) is 0.105. The first-order valence-electron chi connectivity index (χ1n) is 8.37. The highest BCUT2D eigenvalue weighted by Crippen LogP contribution is 2.17. The lowest BCUT2D eigenvalue weighted by atomic mass is 10.1. The topological polar surface area (TPSA) is 139 Å². The molecular formula is C19H19N7O2. The molecule has 28 heavy (non-hydrogen) atoms. The summed E-state index contributed by atoms with van der Waals surface area (Å²) in [6.45, 7) is 1.90. The van der Waals surface area contributed by atoms with Crippen molar-refractivity contribution >= 4 is 29.3 Å². The van der Waals surface area contributed by atoms with E-state index in [1.54, 1.807) is 43.6 Å². The predicted molar refractivity (Wildman–Crippen MR) is 106 cm³/mol. The summed E-state index contributed by atoms with van der Waals surface area (Å²) in [5, 5.41) is 16.8. The van der Waals surface area contributed by atoms with Gasteiger partial charge in [0.1, 0.15) is 23.0 Å². The van der Waals surface area contributed by atoms with Crippen LogP contribution >= 0.6 is 0 Å². The van der Waals surface area contributed by atoms with Crippen molar-refractivity contribution in [1.29, 1.82) is 5.41 Å². The molecule has 2 aromatic heterocycles. The highest BCUT2D eigenvalue weighted by Gasteiger charge is 2.19. The van der Waals surface area contributed by atoms with Gasteiger partial charge in [0.2, 0.25) is 0 Å². The molecule has 0 aliphatic carbocycles. The number of carbonyl (C=O) groups excluding carboxylic acids is 2. The van der Waals surface area contributed by atoms with E-state index in [1.165, 1.54) is 10.9 Å². The third-order valence-electron chi connectivity index (χ3n) is 4.03. The lowest BCUT2D eigenvalue weighted by Crippen LogP contribution is -2.20. The van der Waals surface area contributed by atoms with E-state index in [0.29, 0.717) is 16.9 Å².